The Hall–Kier alpha value is -1.40. The van der Waals surface area contributed by atoms with Crippen LogP contribution in [0.2, 0.25) is 0 Å². The molecule has 1 saturated heterocycles. The van der Waals surface area contributed by atoms with E-state index in [2.05, 4.69) is 24.3 Å². The van der Waals surface area contributed by atoms with Gasteiger partial charge >= 0.3 is 0 Å². The summed E-state index contributed by atoms with van der Waals surface area (Å²) in [5.41, 5.74) is 1.09. The Morgan fingerprint density at radius 3 is 2.70 bits per heavy atom. The van der Waals surface area contributed by atoms with Gasteiger partial charge in [-0.15, -0.1) is 0 Å². The molecule has 1 aliphatic rings. The number of ether oxygens (including phenoxy) is 1. The van der Waals surface area contributed by atoms with Gasteiger partial charge < -0.3 is 15.0 Å². The summed E-state index contributed by atoms with van der Waals surface area (Å²) in [6, 6.07) is -0.159. The third-order valence-electron chi connectivity index (χ3n) is 3.54. The highest BCUT2D eigenvalue weighted by atomic mass is 16.5. The molecule has 1 atom stereocenters. The quantitative estimate of drug-likeness (QED) is 0.848. The molecule has 0 saturated carbocycles. The van der Waals surface area contributed by atoms with Crippen molar-refractivity contribution in [1.29, 1.82) is 0 Å². The zero-order valence-electron chi connectivity index (χ0n) is 12.5. The van der Waals surface area contributed by atoms with Crippen LogP contribution in [0.3, 0.4) is 0 Å². The summed E-state index contributed by atoms with van der Waals surface area (Å²) >= 11 is 0. The van der Waals surface area contributed by atoms with Crippen molar-refractivity contribution in [3.05, 3.63) is 18.0 Å². The van der Waals surface area contributed by atoms with Crippen LogP contribution in [-0.4, -0.2) is 52.9 Å². The van der Waals surface area contributed by atoms with Gasteiger partial charge in [-0.3, -0.25) is 9.48 Å². The molecule has 1 aromatic heterocycles. The summed E-state index contributed by atoms with van der Waals surface area (Å²) < 4.78 is 7.07. The van der Waals surface area contributed by atoms with E-state index < -0.39 is 0 Å². The van der Waals surface area contributed by atoms with E-state index in [9.17, 15) is 4.79 Å². The fourth-order valence-corrected chi connectivity index (χ4v) is 2.38. The van der Waals surface area contributed by atoms with Gasteiger partial charge in [0.2, 0.25) is 5.91 Å². The molecule has 112 valence electrons. The fraction of sp³-hybridized carbons (Fsp3) is 0.714. The first-order valence-corrected chi connectivity index (χ1v) is 7.15. The first-order chi connectivity index (χ1) is 9.58. The molecule has 0 radical (unpaired) electrons. The largest absolute Gasteiger partial charge is 0.378 e. The Kier molecular flexibility index (Phi) is 5.14. The Morgan fingerprint density at radius 2 is 2.15 bits per heavy atom. The minimum Gasteiger partial charge on any atom is -0.378 e. The van der Waals surface area contributed by atoms with E-state index in [4.69, 9.17) is 4.74 Å². The van der Waals surface area contributed by atoms with E-state index in [1.807, 2.05) is 24.3 Å². The Morgan fingerprint density at radius 1 is 1.45 bits per heavy atom. The Labute approximate surface area is 120 Å². The summed E-state index contributed by atoms with van der Waals surface area (Å²) in [4.78, 5) is 14.4. The number of morpholine rings is 1. The predicted molar refractivity (Wildman–Crippen MR) is 76.1 cm³/mol. The molecule has 6 heteroatoms. The van der Waals surface area contributed by atoms with Crippen molar-refractivity contribution in [2.45, 2.75) is 26.4 Å². The summed E-state index contributed by atoms with van der Waals surface area (Å²) in [5.74, 6) is 0.425. The van der Waals surface area contributed by atoms with Crippen molar-refractivity contribution in [1.82, 2.24) is 20.0 Å². The van der Waals surface area contributed by atoms with Crippen LogP contribution in [0.15, 0.2) is 12.4 Å². The van der Waals surface area contributed by atoms with E-state index in [0.717, 1.165) is 5.56 Å². The van der Waals surface area contributed by atoms with Crippen LogP contribution in [0.1, 0.15) is 19.4 Å². The number of carbonyl (C=O) groups is 1. The summed E-state index contributed by atoms with van der Waals surface area (Å²) in [5, 5.41) is 7.50. The van der Waals surface area contributed by atoms with E-state index in [1.54, 1.807) is 4.68 Å². The van der Waals surface area contributed by atoms with Gasteiger partial charge in [0, 0.05) is 38.4 Å². The van der Waals surface area contributed by atoms with Crippen molar-refractivity contribution in [3.8, 4) is 0 Å². The molecule has 1 fully saturated rings. The molecule has 2 rings (SSSR count). The van der Waals surface area contributed by atoms with Crippen molar-refractivity contribution >= 4 is 5.91 Å². The average Bonchev–Trinajstić information content (AvgIpc) is 2.85. The molecule has 1 aromatic rings. The molecular formula is C14H24N4O2. The lowest BCUT2D eigenvalue weighted by atomic mass is 10.0. The van der Waals surface area contributed by atoms with Gasteiger partial charge in [-0.2, -0.15) is 5.10 Å². The van der Waals surface area contributed by atoms with Crippen LogP contribution in [0.4, 0.5) is 0 Å². The van der Waals surface area contributed by atoms with Gasteiger partial charge in [0.25, 0.3) is 0 Å². The standard InChI is InChI=1S/C14H24N4O2/c1-11(2)13(14(19)18-4-6-20-7-5-18)15-8-12-9-16-17(3)10-12/h9-11,13,15H,4-8H2,1-3H3/t13-/m1/s1. The molecule has 1 aliphatic heterocycles. The monoisotopic (exact) mass is 280 g/mol. The molecule has 1 N–H and O–H groups in total. The van der Waals surface area contributed by atoms with Crippen LogP contribution in [0.5, 0.6) is 0 Å². The number of amides is 1. The first kappa shape index (κ1) is 15.0. The maximum absolute atomic E-state index is 12.6. The molecule has 1 amide bonds. The average molecular weight is 280 g/mol. The third-order valence-corrected chi connectivity index (χ3v) is 3.54. The smallest absolute Gasteiger partial charge is 0.240 e. The predicted octanol–water partition coefficient (Wildman–Crippen LogP) is 0.393. The van der Waals surface area contributed by atoms with Gasteiger partial charge in [0.05, 0.1) is 25.5 Å². The van der Waals surface area contributed by atoms with E-state index in [0.29, 0.717) is 32.8 Å². The van der Waals surface area contributed by atoms with Gasteiger partial charge in [-0.1, -0.05) is 13.8 Å². The lowest BCUT2D eigenvalue weighted by Gasteiger charge is -2.32. The fourth-order valence-electron chi connectivity index (χ4n) is 2.38. The molecule has 20 heavy (non-hydrogen) atoms. The molecule has 0 bridgehead atoms. The molecule has 0 unspecified atom stereocenters. The number of rotatable bonds is 5. The highest BCUT2D eigenvalue weighted by Gasteiger charge is 2.27. The van der Waals surface area contributed by atoms with Crippen LogP contribution in [-0.2, 0) is 23.1 Å². The van der Waals surface area contributed by atoms with Crippen LogP contribution in [0.25, 0.3) is 0 Å². The molecule has 0 aliphatic carbocycles. The second-order valence-electron chi connectivity index (χ2n) is 5.56. The van der Waals surface area contributed by atoms with Gasteiger partial charge in [-0.05, 0) is 5.92 Å². The molecule has 0 aromatic carbocycles. The van der Waals surface area contributed by atoms with Crippen LogP contribution >= 0.6 is 0 Å². The highest BCUT2D eigenvalue weighted by Crippen LogP contribution is 2.09. The van der Waals surface area contributed by atoms with Gasteiger partial charge in [-0.25, -0.2) is 0 Å². The summed E-state index contributed by atoms with van der Waals surface area (Å²) in [7, 11) is 1.89. The number of aryl methyl sites for hydroxylation is 1. The number of nitrogens with zero attached hydrogens (tertiary/aromatic N) is 3. The number of hydrogen-bond donors (Lipinski definition) is 1. The molecular weight excluding hydrogens is 256 g/mol. The lowest BCUT2D eigenvalue weighted by Crippen LogP contribution is -2.52. The Bertz CT molecular complexity index is 438. The normalized spacial score (nSPS) is 17.5. The minimum atomic E-state index is -0.159. The summed E-state index contributed by atoms with van der Waals surface area (Å²) in [6.45, 7) is 7.46. The topological polar surface area (TPSA) is 59.4 Å². The first-order valence-electron chi connectivity index (χ1n) is 7.15. The zero-order valence-corrected chi connectivity index (χ0v) is 12.5. The van der Waals surface area contributed by atoms with Crippen molar-refractivity contribution in [3.63, 3.8) is 0 Å². The lowest BCUT2D eigenvalue weighted by molar-refractivity contribution is -0.138. The van der Waals surface area contributed by atoms with Crippen LogP contribution in [0, 0.1) is 5.92 Å². The van der Waals surface area contributed by atoms with Crippen LogP contribution < -0.4 is 5.32 Å². The minimum absolute atomic E-state index is 0.159. The van der Waals surface area contributed by atoms with Crippen molar-refractivity contribution < 1.29 is 9.53 Å². The van der Waals surface area contributed by atoms with Gasteiger partial charge in [0.15, 0.2) is 0 Å². The zero-order chi connectivity index (χ0) is 14.5. The highest BCUT2D eigenvalue weighted by molar-refractivity contribution is 5.82. The number of carbonyl (C=O) groups excluding carboxylic acids is 1. The molecule has 2 heterocycles. The van der Waals surface area contributed by atoms with Crippen molar-refractivity contribution in [2.24, 2.45) is 13.0 Å². The molecule has 6 nitrogen and oxygen atoms in total. The molecule has 0 spiro atoms. The van der Waals surface area contributed by atoms with E-state index in [1.165, 1.54) is 0 Å². The maximum Gasteiger partial charge on any atom is 0.240 e. The number of nitrogens with one attached hydrogen (secondary N) is 1. The third kappa shape index (κ3) is 3.80. The Balaban J connectivity index is 1.93. The van der Waals surface area contributed by atoms with Gasteiger partial charge in [0.1, 0.15) is 0 Å². The number of hydrogen-bond acceptors (Lipinski definition) is 4. The SMILES string of the molecule is CC(C)[C@@H](NCc1cnn(C)c1)C(=O)N1CCOCC1. The second-order valence-corrected chi connectivity index (χ2v) is 5.56. The van der Waals surface area contributed by atoms with E-state index >= 15 is 0 Å². The van der Waals surface area contributed by atoms with Crippen molar-refractivity contribution in [2.75, 3.05) is 26.3 Å². The maximum atomic E-state index is 12.6. The van der Waals surface area contributed by atoms with E-state index in [-0.39, 0.29) is 17.9 Å². The summed E-state index contributed by atoms with van der Waals surface area (Å²) in [6.07, 6.45) is 3.78. The number of aromatic nitrogens is 2. The second kappa shape index (κ2) is 6.85.